The number of ketones is 1. The quantitative estimate of drug-likeness (QED) is 0.599. The minimum atomic E-state index is -0.234. The van der Waals surface area contributed by atoms with Crippen LogP contribution in [0.15, 0.2) is 0 Å². The summed E-state index contributed by atoms with van der Waals surface area (Å²) in [7, 11) is 1.56. The molecule has 60 valence electrons. The fraction of sp³-hybridized carbons (Fsp3) is 0.875. The van der Waals surface area contributed by atoms with Gasteiger partial charge >= 0.3 is 0 Å². The summed E-state index contributed by atoms with van der Waals surface area (Å²) in [6.07, 6.45) is 0.386. The molecule has 0 fully saturated rings. The van der Waals surface area contributed by atoms with Gasteiger partial charge in [-0.2, -0.15) is 0 Å². The van der Waals surface area contributed by atoms with Crippen molar-refractivity contribution in [3.05, 3.63) is 0 Å². The monoisotopic (exact) mass is 144 g/mol. The lowest BCUT2D eigenvalue weighted by Gasteiger charge is -2.09. The zero-order valence-electron chi connectivity index (χ0n) is 7.18. The second-order valence-electron chi connectivity index (χ2n) is 2.94. The third-order valence-corrected chi connectivity index (χ3v) is 1.42. The second-order valence-corrected chi connectivity index (χ2v) is 2.94. The van der Waals surface area contributed by atoms with Gasteiger partial charge in [0.2, 0.25) is 0 Å². The third kappa shape index (κ3) is 3.62. The number of hydrogen-bond donors (Lipinski definition) is 0. The molecular weight excluding hydrogens is 128 g/mol. The topological polar surface area (TPSA) is 26.3 Å². The van der Waals surface area contributed by atoms with Gasteiger partial charge in [0, 0.05) is 13.5 Å². The van der Waals surface area contributed by atoms with Crippen molar-refractivity contribution in [3.8, 4) is 0 Å². The highest BCUT2D eigenvalue weighted by Gasteiger charge is 2.12. The lowest BCUT2D eigenvalue weighted by Crippen LogP contribution is -2.20. The molecule has 0 saturated heterocycles. The van der Waals surface area contributed by atoms with E-state index in [2.05, 4.69) is 0 Å². The Morgan fingerprint density at radius 2 is 1.90 bits per heavy atom. The molecule has 0 aliphatic rings. The molecule has 0 radical (unpaired) electrons. The number of ether oxygens (including phenoxy) is 1. The molecule has 2 heteroatoms. The molecule has 0 aromatic carbocycles. The van der Waals surface area contributed by atoms with Crippen molar-refractivity contribution in [3.63, 3.8) is 0 Å². The molecule has 0 saturated carbocycles. The predicted molar refractivity (Wildman–Crippen MR) is 40.9 cm³/mol. The number of rotatable bonds is 4. The van der Waals surface area contributed by atoms with E-state index in [1.54, 1.807) is 14.0 Å². The molecule has 0 rings (SSSR count). The van der Waals surface area contributed by atoms with Crippen LogP contribution in [0, 0.1) is 5.92 Å². The zero-order valence-corrected chi connectivity index (χ0v) is 7.18. The highest BCUT2D eigenvalue weighted by molar-refractivity contribution is 5.82. The Balaban J connectivity index is 3.62. The first kappa shape index (κ1) is 9.63. The van der Waals surface area contributed by atoms with E-state index in [0.29, 0.717) is 12.3 Å². The molecule has 0 aliphatic heterocycles. The van der Waals surface area contributed by atoms with E-state index < -0.39 is 0 Å². The Morgan fingerprint density at radius 1 is 1.40 bits per heavy atom. The Hall–Kier alpha value is -0.370. The first-order chi connectivity index (χ1) is 4.57. The van der Waals surface area contributed by atoms with Gasteiger partial charge in [-0.3, -0.25) is 4.79 Å². The maximum absolute atomic E-state index is 11.1. The minimum absolute atomic E-state index is 0.192. The van der Waals surface area contributed by atoms with Crippen LogP contribution in [0.3, 0.4) is 0 Å². The number of methoxy groups -OCH3 is 1. The van der Waals surface area contributed by atoms with Crippen molar-refractivity contribution in [2.45, 2.75) is 33.3 Å². The van der Waals surface area contributed by atoms with Gasteiger partial charge in [0.15, 0.2) is 5.78 Å². The Kier molecular flexibility index (Phi) is 4.28. The SMILES string of the molecule is CO[C@H](C)C(=O)CC(C)C. The van der Waals surface area contributed by atoms with E-state index in [9.17, 15) is 4.79 Å². The van der Waals surface area contributed by atoms with Gasteiger partial charge < -0.3 is 4.74 Å². The standard InChI is InChI=1S/C8H16O2/c1-6(2)5-8(9)7(3)10-4/h6-7H,5H2,1-4H3/t7-/m1/s1. The maximum Gasteiger partial charge on any atom is 0.161 e. The van der Waals surface area contributed by atoms with Gasteiger partial charge in [-0.05, 0) is 12.8 Å². The lowest BCUT2D eigenvalue weighted by atomic mass is 10.0. The molecular formula is C8H16O2. The molecule has 0 aromatic rings. The maximum atomic E-state index is 11.1. The summed E-state index contributed by atoms with van der Waals surface area (Å²) < 4.78 is 4.86. The molecule has 0 heterocycles. The molecule has 0 bridgehead atoms. The van der Waals surface area contributed by atoms with E-state index in [4.69, 9.17) is 4.74 Å². The average Bonchev–Trinajstić information content (AvgIpc) is 1.85. The van der Waals surface area contributed by atoms with Gasteiger partial charge in [-0.15, -0.1) is 0 Å². The molecule has 0 unspecified atom stereocenters. The van der Waals surface area contributed by atoms with Crippen LogP contribution in [0.5, 0.6) is 0 Å². The third-order valence-electron chi connectivity index (χ3n) is 1.42. The summed E-state index contributed by atoms with van der Waals surface area (Å²) in [4.78, 5) is 11.1. The summed E-state index contributed by atoms with van der Waals surface area (Å²) in [5.74, 6) is 0.627. The molecule has 0 aromatic heterocycles. The number of carbonyl (C=O) groups is 1. The number of hydrogen-bond acceptors (Lipinski definition) is 2. The van der Waals surface area contributed by atoms with Crippen molar-refractivity contribution >= 4 is 5.78 Å². The van der Waals surface area contributed by atoms with E-state index in [-0.39, 0.29) is 11.9 Å². The van der Waals surface area contributed by atoms with Crippen LogP contribution in [0.2, 0.25) is 0 Å². The van der Waals surface area contributed by atoms with Gasteiger partial charge in [-0.25, -0.2) is 0 Å². The molecule has 0 aliphatic carbocycles. The molecule has 0 spiro atoms. The highest BCUT2D eigenvalue weighted by Crippen LogP contribution is 2.04. The number of carbonyl (C=O) groups excluding carboxylic acids is 1. The Morgan fingerprint density at radius 3 is 2.20 bits per heavy atom. The van der Waals surface area contributed by atoms with Crippen LogP contribution in [-0.2, 0) is 9.53 Å². The Labute approximate surface area is 62.6 Å². The van der Waals surface area contributed by atoms with Crippen LogP contribution < -0.4 is 0 Å². The normalized spacial score (nSPS) is 13.7. The Bertz CT molecular complexity index is 108. The van der Waals surface area contributed by atoms with E-state index in [1.165, 1.54) is 0 Å². The summed E-state index contributed by atoms with van der Waals surface area (Å²) in [5, 5.41) is 0. The van der Waals surface area contributed by atoms with Crippen molar-refractivity contribution in [1.82, 2.24) is 0 Å². The summed E-state index contributed by atoms with van der Waals surface area (Å²) in [6, 6.07) is 0. The van der Waals surface area contributed by atoms with Gasteiger partial charge in [0.25, 0.3) is 0 Å². The van der Waals surface area contributed by atoms with Crippen molar-refractivity contribution in [1.29, 1.82) is 0 Å². The van der Waals surface area contributed by atoms with Gasteiger partial charge in [0.05, 0.1) is 0 Å². The van der Waals surface area contributed by atoms with Crippen molar-refractivity contribution in [2.75, 3.05) is 7.11 Å². The van der Waals surface area contributed by atoms with Gasteiger partial charge in [0.1, 0.15) is 6.10 Å². The summed E-state index contributed by atoms with van der Waals surface area (Å²) in [6.45, 7) is 5.84. The lowest BCUT2D eigenvalue weighted by molar-refractivity contribution is -0.128. The van der Waals surface area contributed by atoms with E-state index in [0.717, 1.165) is 0 Å². The van der Waals surface area contributed by atoms with E-state index in [1.807, 2.05) is 13.8 Å². The fourth-order valence-electron chi connectivity index (χ4n) is 0.700. The highest BCUT2D eigenvalue weighted by atomic mass is 16.5. The molecule has 0 amide bonds. The van der Waals surface area contributed by atoms with Crippen LogP contribution in [0.25, 0.3) is 0 Å². The molecule has 0 N–H and O–H groups in total. The van der Waals surface area contributed by atoms with Crippen LogP contribution in [0.1, 0.15) is 27.2 Å². The summed E-state index contributed by atoms with van der Waals surface area (Å²) in [5.41, 5.74) is 0. The van der Waals surface area contributed by atoms with Crippen molar-refractivity contribution in [2.24, 2.45) is 5.92 Å². The molecule has 1 atom stereocenters. The first-order valence-electron chi connectivity index (χ1n) is 3.63. The largest absolute Gasteiger partial charge is 0.374 e. The molecule has 10 heavy (non-hydrogen) atoms. The van der Waals surface area contributed by atoms with Gasteiger partial charge in [-0.1, -0.05) is 13.8 Å². The first-order valence-corrected chi connectivity index (χ1v) is 3.63. The van der Waals surface area contributed by atoms with Crippen LogP contribution in [0.4, 0.5) is 0 Å². The smallest absolute Gasteiger partial charge is 0.161 e. The van der Waals surface area contributed by atoms with E-state index >= 15 is 0 Å². The minimum Gasteiger partial charge on any atom is -0.374 e. The number of Topliss-reactive ketones (excluding diaryl/α,β-unsaturated/α-hetero) is 1. The zero-order chi connectivity index (χ0) is 8.15. The second kappa shape index (κ2) is 4.45. The fourth-order valence-corrected chi connectivity index (χ4v) is 0.700. The van der Waals surface area contributed by atoms with Crippen LogP contribution >= 0.6 is 0 Å². The molecule has 2 nitrogen and oxygen atoms in total. The predicted octanol–water partition coefficient (Wildman–Crippen LogP) is 1.64. The summed E-state index contributed by atoms with van der Waals surface area (Å²) >= 11 is 0. The van der Waals surface area contributed by atoms with Crippen molar-refractivity contribution < 1.29 is 9.53 Å². The average molecular weight is 144 g/mol. The van der Waals surface area contributed by atoms with Crippen LogP contribution in [-0.4, -0.2) is 19.0 Å².